The van der Waals surface area contributed by atoms with Crippen molar-refractivity contribution < 1.29 is 14.3 Å². The molecule has 100 valence electrons. The second-order valence-electron chi connectivity index (χ2n) is 4.44. The number of carbonyl (C=O) groups excluding carboxylic acids is 2. The third kappa shape index (κ3) is 3.46. The van der Waals surface area contributed by atoms with E-state index in [1.807, 2.05) is 13.0 Å². The number of nitriles is 1. The smallest absolute Gasteiger partial charge is 0.309 e. The Balaban J connectivity index is 2.47. The molecule has 1 amide bonds. The van der Waals surface area contributed by atoms with Crippen LogP contribution in [-0.4, -0.2) is 36.5 Å². The normalized spacial score (nSPS) is 17.9. The number of carbonyl (C=O) groups is 2. The molecule has 1 atom stereocenters. The molecule has 0 bridgehead atoms. The van der Waals surface area contributed by atoms with Gasteiger partial charge in [0.05, 0.1) is 18.6 Å². The maximum atomic E-state index is 11.9. The lowest BCUT2D eigenvalue weighted by Gasteiger charge is -2.31. The van der Waals surface area contributed by atoms with Crippen molar-refractivity contribution >= 4 is 11.9 Å². The summed E-state index contributed by atoms with van der Waals surface area (Å²) in [4.78, 5) is 25.2. The molecule has 1 aliphatic heterocycles. The molecule has 1 heterocycles. The standard InChI is InChI=1S/C13H20N2O3/c1-3-10(9-14)12(16)15-7-5-11(6-8-15)13(17)18-4-2/h10-11H,3-8H2,1-2H3. The lowest BCUT2D eigenvalue weighted by Crippen LogP contribution is -2.43. The molecule has 1 saturated heterocycles. The largest absolute Gasteiger partial charge is 0.466 e. The van der Waals surface area contributed by atoms with E-state index in [0.717, 1.165) is 0 Å². The highest BCUT2D eigenvalue weighted by Gasteiger charge is 2.30. The highest BCUT2D eigenvalue weighted by atomic mass is 16.5. The average Bonchev–Trinajstić information content (AvgIpc) is 2.40. The number of rotatable bonds is 4. The summed E-state index contributed by atoms with van der Waals surface area (Å²) in [5, 5.41) is 8.87. The maximum absolute atomic E-state index is 11.9. The van der Waals surface area contributed by atoms with Crippen LogP contribution in [0.1, 0.15) is 33.1 Å². The molecule has 5 heteroatoms. The average molecular weight is 252 g/mol. The molecule has 1 aliphatic rings. The summed E-state index contributed by atoms with van der Waals surface area (Å²) in [6.07, 6.45) is 1.80. The first-order valence-electron chi connectivity index (χ1n) is 6.49. The number of hydrogen-bond donors (Lipinski definition) is 0. The van der Waals surface area contributed by atoms with Crippen molar-refractivity contribution in [3.05, 3.63) is 0 Å². The highest BCUT2D eigenvalue weighted by molar-refractivity contribution is 5.81. The molecule has 18 heavy (non-hydrogen) atoms. The van der Waals surface area contributed by atoms with Crippen LogP contribution in [0.3, 0.4) is 0 Å². The maximum Gasteiger partial charge on any atom is 0.309 e. The summed E-state index contributed by atoms with van der Waals surface area (Å²) in [6, 6.07) is 2.02. The van der Waals surface area contributed by atoms with Crippen LogP contribution in [0.4, 0.5) is 0 Å². The molecule has 0 aromatic carbocycles. The monoisotopic (exact) mass is 252 g/mol. The van der Waals surface area contributed by atoms with Gasteiger partial charge >= 0.3 is 5.97 Å². The molecular weight excluding hydrogens is 232 g/mol. The molecule has 0 aliphatic carbocycles. The molecule has 0 N–H and O–H groups in total. The van der Waals surface area contributed by atoms with Crippen LogP contribution in [0.5, 0.6) is 0 Å². The Bertz CT molecular complexity index is 341. The minimum atomic E-state index is -0.552. The van der Waals surface area contributed by atoms with Crippen LogP contribution in [0.2, 0.25) is 0 Å². The van der Waals surface area contributed by atoms with Crippen molar-refractivity contribution in [3.8, 4) is 6.07 Å². The molecule has 0 radical (unpaired) electrons. The summed E-state index contributed by atoms with van der Waals surface area (Å²) < 4.78 is 4.97. The number of hydrogen-bond acceptors (Lipinski definition) is 4. The van der Waals surface area contributed by atoms with E-state index in [0.29, 0.717) is 39.0 Å². The second kappa shape index (κ2) is 7.00. The summed E-state index contributed by atoms with van der Waals surface area (Å²) >= 11 is 0. The van der Waals surface area contributed by atoms with Gasteiger partial charge in [-0.2, -0.15) is 5.26 Å². The fourth-order valence-electron chi connectivity index (χ4n) is 2.14. The van der Waals surface area contributed by atoms with Gasteiger partial charge in [-0.05, 0) is 26.2 Å². The van der Waals surface area contributed by atoms with E-state index in [9.17, 15) is 9.59 Å². The van der Waals surface area contributed by atoms with E-state index >= 15 is 0 Å². The zero-order valence-electron chi connectivity index (χ0n) is 11.0. The van der Waals surface area contributed by atoms with Crippen molar-refractivity contribution in [1.82, 2.24) is 4.90 Å². The van der Waals surface area contributed by atoms with Crippen LogP contribution in [-0.2, 0) is 14.3 Å². The van der Waals surface area contributed by atoms with Gasteiger partial charge in [-0.3, -0.25) is 9.59 Å². The Hall–Kier alpha value is -1.57. The minimum absolute atomic E-state index is 0.101. The first-order chi connectivity index (χ1) is 8.63. The Kier molecular flexibility index (Phi) is 5.63. The van der Waals surface area contributed by atoms with Crippen LogP contribution < -0.4 is 0 Å². The Morgan fingerprint density at radius 3 is 2.44 bits per heavy atom. The third-order valence-corrected chi connectivity index (χ3v) is 3.29. The molecule has 0 aromatic rings. The number of esters is 1. The number of nitrogens with zero attached hydrogens (tertiary/aromatic N) is 2. The molecule has 0 aromatic heterocycles. The zero-order valence-corrected chi connectivity index (χ0v) is 11.0. The van der Waals surface area contributed by atoms with E-state index in [1.165, 1.54) is 0 Å². The van der Waals surface area contributed by atoms with Crippen molar-refractivity contribution in [2.75, 3.05) is 19.7 Å². The van der Waals surface area contributed by atoms with Crippen LogP contribution >= 0.6 is 0 Å². The van der Waals surface area contributed by atoms with E-state index in [2.05, 4.69) is 0 Å². The quantitative estimate of drug-likeness (QED) is 0.708. The van der Waals surface area contributed by atoms with Gasteiger partial charge in [0.1, 0.15) is 5.92 Å². The predicted molar refractivity (Wildman–Crippen MR) is 65.3 cm³/mol. The Labute approximate surface area is 108 Å². The van der Waals surface area contributed by atoms with Gasteiger partial charge in [-0.1, -0.05) is 6.92 Å². The predicted octanol–water partition coefficient (Wildman–Crippen LogP) is 1.34. The summed E-state index contributed by atoms with van der Waals surface area (Å²) in [5.74, 6) is -0.931. The van der Waals surface area contributed by atoms with Gasteiger partial charge in [0.2, 0.25) is 5.91 Å². The first kappa shape index (κ1) is 14.5. The van der Waals surface area contributed by atoms with E-state index in [4.69, 9.17) is 10.00 Å². The van der Waals surface area contributed by atoms with Gasteiger partial charge in [0, 0.05) is 13.1 Å². The lowest BCUT2D eigenvalue weighted by atomic mass is 9.95. The van der Waals surface area contributed by atoms with Crippen LogP contribution in [0.15, 0.2) is 0 Å². The second-order valence-corrected chi connectivity index (χ2v) is 4.44. The van der Waals surface area contributed by atoms with Crippen molar-refractivity contribution in [1.29, 1.82) is 5.26 Å². The first-order valence-corrected chi connectivity index (χ1v) is 6.49. The number of ether oxygens (including phenoxy) is 1. The Morgan fingerprint density at radius 2 is 2.00 bits per heavy atom. The molecule has 5 nitrogen and oxygen atoms in total. The number of piperidine rings is 1. The lowest BCUT2D eigenvalue weighted by molar-refractivity contribution is -0.151. The molecule has 1 unspecified atom stereocenters. The van der Waals surface area contributed by atoms with Gasteiger partial charge in [-0.15, -0.1) is 0 Å². The van der Waals surface area contributed by atoms with E-state index in [1.54, 1.807) is 11.8 Å². The van der Waals surface area contributed by atoms with Crippen molar-refractivity contribution in [2.24, 2.45) is 11.8 Å². The zero-order chi connectivity index (χ0) is 13.5. The molecule has 1 rings (SSSR count). The fraction of sp³-hybridized carbons (Fsp3) is 0.769. The van der Waals surface area contributed by atoms with Crippen LogP contribution in [0, 0.1) is 23.2 Å². The number of likely N-dealkylation sites (tertiary alicyclic amines) is 1. The summed E-state index contributed by atoms with van der Waals surface area (Å²) in [6.45, 7) is 5.10. The van der Waals surface area contributed by atoms with Crippen molar-refractivity contribution in [3.63, 3.8) is 0 Å². The van der Waals surface area contributed by atoms with E-state index < -0.39 is 5.92 Å². The molecule has 0 spiro atoms. The minimum Gasteiger partial charge on any atom is -0.466 e. The SMILES string of the molecule is CCOC(=O)C1CCN(C(=O)C(C#N)CC)CC1. The summed E-state index contributed by atoms with van der Waals surface area (Å²) in [5.41, 5.74) is 0. The molecule has 1 fully saturated rings. The summed E-state index contributed by atoms with van der Waals surface area (Å²) in [7, 11) is 0. The van der Waals surface area contributed by atoms with Gasteiger partial charge in [-0.25, -0.2) is 0 Å². The van der Waals surface area contributed by atoms with Gasteiger partial charge < -0.3 is 9.64 Å². The number of amides is 1. The Morgan fingerprint density at radius 1 is 1.39 bits per heavy atom. The highest BCUT2D eigenvalue weighted by Crippen LogP contribution is 2.20. The van der Waals surface area contributed by atoms with Crippen LogP contribution in [0.25, 0.3) is 0 Å². The fourth-order valence-corrected chi connectivity index (χ4v) is 2.14. The van der Waals surface area contributed by atoms with Gasteiger partial charge in [0.15, 0.2) is 0 Å². The molecule has 0 saturated carbocycles. The molecular formula is C13H20N2O3. The third-order valence-electron chi connectivity index (χ3n) is 3.29. The topological polar surface area (TPSA) is 70.4 Å². The van der Waals surface area contributed by atoms with E-state index in [-0.39, 0.29) is 17.8 Å². The van der Waals surface area contributed by atoms with Gasteiger partial charge in [0.25, 0.3) is 0 Å². The van der Waals surface area contributed by atoms with Crippen molar-refractivity contribution in [2.45, 2.75) is 33.1 Å².